The maximum absolute atomic E-state index is 13.3. The van der Waals surface area contributed by atoms with E-state index >= 15 is 0 Å². The van der Waals surface area contributed by atoms with Crippen LogP contribution in [0.1, 0.15) is 49.1 Å². The van der Waals surface area contributed by atoms with Gasteiger partial charge in [0.05, 0.1) is 0 Å². The van der Waals surface area contributed by atoms with Crippen LogP contribution < -0.4 is 4.90 Å². The lowest BCUT2D eigenvalue weighted by atomic mass is 9.94. The number of likely N-dealkylation sites (tertiary alicyclic amines) is 1. The minimum atomic E-state index is -4.63. The van der Waals surface area contributed by atoms with Gasteiger partial charge in [-0.1, -0.05) is 0 Å². The average molecular weight is 410 g/mol. The first-order chi connectivity index (χ1) is 13.8. The van der Waals surface area contributed by atoms with Crippen LogP contribution in [0.3, 0.4) is 0 Å². The van der Waals surface area contributed by atoms with Gasteiger partial charge in [-0.15, -0.1) is 15.3 Å². The van der Waals surface area contributed by atoms with Crippen LogP contribution in [-0.4, -0.2) is 56.8 Å². The molecule has 7 nitrogen and oxygen atoms in total. The van der Waals surface area contributed by atoms with Crippen LogP contribution in [0.15, 0.2) is 0 Å². The predicted octanol–water partition coefficient (Wildman–Crippen LogP) is 2.99. The topological polar surface area (TPSA) is 66.6 Å². The fraction of sp³-hybridized carbons (Fsp3) is 0.684. The molecule has 0 N–H and O–H groups in total. The van der Waals surface area contributed by atoms with Gasteiger partial charge in [0.2, 0.25) is 5.91 Å². The van der Waals surface area contributed by atoms with Gasteiger partial charge in [-0.05, 0) is 46.0 Å². The Kier molecular flexibility index (Phi) is 5.12. The number of nitrogens with zero attached hydrogens (tertiary/aromatic N) is 6. The number of amides is 1. The summed E-state index contributed by atoms with van der Waals surface area (Å²) in [5.74, 6) is -0.412. The highest BCUT2D eigenvalue weighted by Gasteiger charge is 2.39. The van der Waals surface area contributed by atoms with Crippen molar-refractivity contribution in [3.63, 3.8) is 0 Å². The Hall–Kier alpha value is -2.39. The summed E-state index contributed by atoms with van der Waals surface area (Å²) in [6, 6.07) is 0. The first-order valence-electron chi connectivity index (χ1n) is 10.1. The minimum absolute atomic E-state index is 0.0184. The molecule has 158 valence electrons. The largest absolute Gasteiger partial charge is 0.453 e. The van der Waals surface area contributed by atoms with Gasteiger partial charge in [0, 0.05) is 43.2 Å². The van der Waals surface area contributed by atoms with E-state index in [-0.39, 0.29) is 17.5 Å². The van der Waals surface area contributed by atoms with E-state index in [1.807, 2.05) is 16.7 Å². The van der Waals surface area contributed by atoms with Crippen molar-refractivity contribution in [2.45, 2.75) is 52.1 Å². The molecule has 0 bridgehead atoms. The molecule has 10 heteroatoms. The van der Waals surface area contributed by atoms with Gasteiger partial charge in [0.25, 0.3) is 5.82 Å². The van der Waals surface area contributed by atoms with Gasteiger partial charge in [-0.3, -0.25) is 4.79 Å². The molecule has 0 saturated carbocycles. The maximum atomic E-state index is 13.3. The highest BCUT2D eigenvalue weighted by molar-refractivity contribution is 5.79. The molecule has 2 aromatic rings. The Morgan fingerprint density at radius 2 is 1.62 bits per heavy atom. The van der Waals surface area contributed by atoms with Gasteiger partial charge in [-0.25, -0.2) is 0 Å². The second-order valence-electron chi connectivity index (χ2n) is 7.98. The molecule has 2 fully saturated rings. The van der Waals surface area contributed by atoms with Gasteiger partial charge in [-0.2, -0.15) is 17.7 Å². The lowest BCUT2D eigenvalue weighted by molar-refractivity contribution is -0.146. The van der Waals surface area contributed by atoms with Crippen molar-refractivity contribution >= 4 is 17.4 Å². The summed E-state index contributed by atoms with van der Waals surface area (Å²) in [5.41, 5.74) is 1.54. The number of hydrogen-bond donors (Lipinski definition) is 0. The van der Waals surface area contributed by atoms with Crippen LogP contribution in [0.2, 0.25) is 0 Å². The lowest BCUT2D eigenvalue weighted by Gasteiger charge is -2.36. The normalized spacial score (nSPS) is 19.2. The van der Waals surface area contributed by atoms with Crippen LogP contribution in [0.5, 0.6) is 0 Å². The van der Waals surface area contributed by atoms with Gasteiger partial charge < -0.3 is 9.80 Å². The summed E-state index contributed by atoms with van der Waals surface area (Å²) in [7, 11) is 0. The average Bonchev–Trinajstić information content (AvgIpc) is 3.16. The van der Waals surface area contributed by atoms with E-state index < -0.39 is 12.0 Å². The molecule has 0 spiro atoms. The summed E-state index contributed by atoms with van der Waals surface area (Å²) >= 11 is 0. The zero-order valence-corrected chi connectivity index (χ0v) is 16.7. The Morgan fingerprint density at radius 1 is 0.966 bits per heavy atom. The van der Waals surface area contributed by atoms with E-state index in [1.165, 1.54) is 6.42 Å². The van der Waals surface area contributed by atoms with E-state index in [1.54, 1.807) is 6.92 Å². The number of aryl methyl sites for hydroxylation is 1. The molecular weight excluding hydrogens is 385 g/mol. The zero-order valence-electron chi connectivity index (χ0n) is 16.7. The smallest absolute Gasteiger partial charge is 0.355 e. The number of aromatic nitrogens is 4. The van der Waals surface area contributed by atoms with Gasteiger partial charge in [0.15, 0.2) is 11.5 Å². The number of anilines is 1. The van der Waals surface area contributed by atoms with Crippen molar-refractivity contribution in [1.82, 2.24) is 24.7 Å². The number of alkyl halides is 3. The predicted molar refractivity (Wildman–Crippen MR) is 101 cm³/mol. The molecule has 0 radical (unpaired) electrons. The number of carbonyl (C=O) groups is 1. The van der Waals surface area contributed by atoms with Crippen LogP contribution in [0.25, 0.3) is 5.65 Å². The first kappa shape index (κ1) is 19.9. The molecule has 2 aliphatic heterocycles. The second-order valence-corrected chi connectivity index (χ2v) is 7.98. The van der Waals surface area contributed by atoms with Crippen molar-refractivity contribution < 1.29 is 18.0 Å². The zero-order chi connectivity index (χ0) is 20.8. The molecule has 0 aliphatic carbocycles. The number of fused-ring (bicyclic) bond motifs is 1. The van der Waals surface area contributed by atoms with Crippen molar-refractivity contribution in [3.05, 3.63) is 17.0 Å². The summed E-state index contributed by atoms with van der Waals surface area (Å²) in [6.07, 6.45) is 0.0435. The molecule has 0 unspecified atom stereocenters. The fourth-order valence-electron chi connectivity index (χ4n) is 4.30. The minimum Gasteiger partial charge on any atom is -0.355 e. The summed E-state index contributed by atoms with van der Waals surface area (Å²) in [6.45, 7) is 6.42. The molecule has 2 saturated heterocycles. The van der Waals surface area contributed by atoms with E-state index in [2.05, 4.69) is 15.3 Å². The van der Waals surface area contributed by atoms with Gasteiger partial charge in [0.1, 0.15) is 0 Å². The third-order valence-corrected chi connectivity index (χ3v) is 6.13. The maximum Gasteiger partial charge on any atom is 0.453 e. The number of rotatable bonds is 2. The Labute approximate surface area is 166 Å². The third-order valence-electron chi connectivity index (χ3n) is 6.13. The monoisotopic (exact) mass is 410 g/mol. The van der Waals surface area contributed by atoms with E-state index in [4.69, 9.17) is 0 Å². The number of halogens is 3. The quantitative estimate of drug-likeness (QED) is 0.762. The summed E-state index contributed by atoms with van der Waals surface area (Å²) < 4.78 is 40.6. The summed E-state index contributed by atoms with van der Waals surface area (Å²) in [4.78, 5) is 16.7. The molecule has 4 heterocycles. The molecular formula is C19H25F3N6O. The summed E-state index contributed by atoms with van der Waals surface area (Å²) in [5, 5.41) is 11.2. The SMILES string of the molecule is Cc1c(N2CCC(C(=O)N3CCCCC3)CC2)nn2c(C(F)(F)F)nnc2c1C. The highest BCUT2D eigenvalue weighted by atomic mass is 19.4. The second kappa shape index (κ2) is 7.46. The Balaban J connectivity index is 1.55. The fourth-order valence-corrected chi connectivity index (χ4v) is 4.30. The van der Waals surface area contributed by atoms with Crippen LogP contribution in [0.4, 0.5) is 19.0 Å². The molecule has 4 rings (SSSR count). The van der Waals surface area contributed by atoms with Crippen molar-refractivity contribution in [2.24, 2.45) is 5.92 Å². The number of carbonyl (C=O) groups excluding carboxylic acids is 1. The molecule has 2 aliphatic rings. The Bertz CT molecular complexity index is 911. The number of hydrogen-bond acceptors (Lipinski definition) is 5. The standard InChI is InChI=1S/C19H25F3N6O/c1-12-13(2)16(25-28-15(12)23-24-18(28)19(20,21)22)26-10-6-14(7-11-26)17(29)27-8-4-3-5-9-27/h14H,3-11H2,1-2H3. The van der Waals surface area contributed by atoms with Gasteiger partial charge >= 0.3 is 6.18 Å². The molecule has 0 aromatic carbocycles. The van der Waals surface area contributed by atoms with Crippen molar-refractivity contribution in [2.75, 3.05) is 31.1 Å². The first-order valence-corrected chi connectivity index (χ1v) is 10.1. The number of piperidine rings is 2. The Morgan fingerprint density at radius 3 is 2.24 bits per heavy atom. The van der Waals surface area contributed by atoms with E-state index in [9.17, 15) is 18.0 Å². The van der Waals surface area contributed by atoms with Crippen LogP contribution in [-0.2, 0) is 11.0 Å². The third kappa shape index (κ3) is 3.64. The highest BCUT2D eigenvalue weighted by Crippen LogP contribution is 2.32. The van der Waals surface area contributed by atoms with Crippen LogP contribution in [0, 0.1) is 19.8 Å². The molecule has 2 aromatic heterocycles. The van der Waals surface area contributed by atoms with Crippen LogP contribution >= 0.6 is 0 Å². The molecule has 1 amide bonds. The van der Waals surface area contributed by atoms with E-state index in [0.29, 0.717) is 37.3 Å². The van der Waals surface area contributed by atoms with Crippen molar-refractivity contribution in [3.8, 4) is 0 Å². The van der Waals surface area contributed by atoms with E-state index in [0.717, 1.165) is 36.0 Å². The molecule has 29 heavy (non-hydrogen) atoms. The molecule has 0 atom stereocenters. The van der Waals surface area contributed by atoms with Crippen molar-refractivity contribution in [1.29, 1.82) is 0 Å². The lowest BCUT2D eigenvalue weighted by Crippen LogP contribution is -2.44.